The number of hydrogen-bond donors (Lipinski definition) is 1. The van der Waals surface area contributed by atoms with E-state index in [0.717, 1.165) is 0 Å². The van der Waals surface area contributed by atoms with Crippen molar-refractivity contribution in [2.45, 2.75) is 13.8 Å². The van der Waals surface area contributed by atoms with Gasteiger partial charge in [-0.05, 0) is 34.5 Å². The number of hydrogen-bond acceptors (Lipinski definition) is 5. The van der Waals surface area contributed by atoms with Crippen LogP contribution in [0.2, 0.25) is 0 Å². The summed E-state index contributed by atoms with van der Waals surface area (Å²) in [5, 5.41) is 20.0. The first-order chi connectivity index (χ1) is 9.81. The van der Waals surface area contributed by atoms with Crippen LogP contribution in [0.3, 0.4) is 0 Å². The highest BCUT2D eigenvalue weighted by Crippen LogP contribution is 2.33. The molecule has 1 aromatic heterocycles. The first-order valence-corrected chi connectivity index (χ1v) is 6.00. The fraction of sp³-hybridized carbons (Fsp3) is 0.231. The van der Waals surface area contributed by atoms with Crippen molar-refractivity contribution in [1.29, 1.82) is 0 Å². The fourth-order valence-corrected chi connectivity index (χ4v) is 1.75. The Labute approximate surface area is 119 Å². The summed E-state index contributed by atoms with van der Waals surface area (Å²) in [4.78, 5) is 25.2. The lowest BCUT2D eigenvalue weighted by Gasteiger charge is -2.09. The Morgan fingerprint density at radius 1 is 1.43 bits per heavy atom. The Morgan fingerprint density at radius 3 is 2.67 bits per heavy atom. The van der Waals surface area contributed by atoms with Gasteiger partial charge in [-0.3, -0.25) is 4.57 Å². The van der Waals surface area contributed by atoms with Crippen LogP contribution in [0, 0.1) is 24.0 Å². The average Bonchev–Trinajstić information content (AvgIpc) is 2.69. The lowest BCUT2D eigenvalue weighted by molar-refractivity contribution is -0.390. The molecule has 0 aliphatic rings. The van der Waals surface area contributed by atoms with E-state index >= 15 is 0 Å². The second-order valence-electron chi connectivity index (χ2n) is 4.49. The summed E-state index contributed by atoms with van der Waals surface area (Å²) in [6, 6.07) is 4.34. The van der Waals surface area contributed by atoms with Gasteiger partial charge in [0.25, 0.3) is 0 Å². The standard InChI is InChI=1S/C13H13N3O5/c1-7-4-5-9(13(17)18)6-10(7)21-12-11(16(19)20)14-8(2)15(12)3/h4-6H,1-3H3,(H,17,18). The highest BCUT2D eigenvalue weighted by atomic mass is 16.6. The van der Waals surface area contributed by atoms with Crippen molar-refractivity contribution >= 4 is 11.8 Å². The quantitative estimate of drug-likeness (QED) is 0.684. The Balaban J connectivity index is 2.50. The minimum absolute atomic E-state index is 0.0388. The van der Waals surface area contributed by atoms with Gasteiger partial charge in [-0.1, -0.05) is 6.07 Å². The molecule has 0 radical (unpaired) electrons. The molecule has 1 heterocycles. The van der Waals surface area contributed by atoms with Crippen molar-refractivity contribution in [3.63, 3.8) is 0 Å². The van der Waals surface area contributed by atoms with Crippen LogP contribution in [-0.2, 0) is 7.05 Å². The van der Waals surface area contributed by atoms with Crippen molar-refractivity contribution in [2.24, 2.45) is 7.05 Å². The summed E-state index contributed by atoms with van der Waals surface area (Å²) in [6.45, 7) is 3.33. The maximum Gasteiger partial charge on any atom is 0.427 e. The largest absolute Gasteiger partial charge is 0.478 e. The number of benzene rings is 1. The van der Waals surface area contributed by atoms with Gasteiger partial charge in [0.1, 0.15) is 5.75 Å². The zero-order valence-electron chi connectivity index (χ0n) is 11.7. The van der Waals surface area contributed by atoms with E-state index in [1.165, 1.54) is 16.7 Å². The van der Waals surface area contributed by atoms with Crippen molar-refractivity contribution in [2.75, 3.05) is 0 Å². The van der Waals surface area contributed by atoms with Crippen LogP contribution in [-0.4, -0.2) is 25.6 Å². The van der Waals surface area contributed by atoms with Crippen molar-refractivity contribution in [3.05, 3.63) is 45.3 Å². The number of aromatic nitrogens is 2. The number of aromatic carboxylic acids is 1. The summed E-state index contributed by atoms with van der Waals surface area (Å²) in [5.74, 6) is -0.890. The Kier molecular flexibility index (Phi) is 3.62. The number of nitrogens with zero attached hydrogens (tertiary/aromatic N) is 3. The molecule has 0 unspecified atom stereocenters. The zero-order chi connectivity index (χ0) is 15.7. The van der Waals surface area contributed by atoms with Gasteiger partial charge in [0.05, 0.1) is 5.56 Å². The van der Waals surface area contributed by atoms with Gasteiger partial charge in [0.2, 0.25) is 5.82 Å². The topological polar surface area (TPSA) is 107 Å². The number of imidazole rings is 1. The van der Waals surface area contributed by atoms with Crippen LogP contribution >= 0.6 is 0 Å². The van der Waals surface area contributed by atoms with Crippen LogP contribution in [0.4, 0.5) is 5.82 Å². The van der Waals surface area contributed by atoms with Gasteiger partial charge in [0, 0.05) is 14.0 Å². The second kappa shape index (κ2) is 5.23. The van der Waals surface area contributed by atoms with E-state index in [4.69, 9.17) is 9.84 Å². The lowest BCUT2D eigenvalue weighted by atomic mass is 10.1. The molecular weight excluding hydrogens is 278 g/mol. The van der Waals surface area contributed by atoms with Gasteiger partial charge in [0.15, 0.2) is 0 Å². The lowest BCUT2D eigenvalue weighted by Crippen LogP contribution is -2.01. The molecule has 0 atom stereocenters. The number of carboxylic acid groups (broad SMARTS) is 1. The molecule has 110 valence electrons. The Bertz CT molecular complexity index is 736. The summed E-state index contributed by atoms with van der Waals surface area (Å²) < 4.78 is 6.98. The number of aryl methyl sites for hydroxylation is 2. The van der Waals surface area contributed by atoms with Gasteiger partial charge < -0.3 is 20.0 Å². The van der Waals surface area contributed by atoms with Crippen LogP contribution in [0.25, 0.3) is 0 Å². The summed E-state index contributed by atoms with van der Waals surface area (Å²) in [7, 11) is 1.58. The summed E-state index contributed by atoms with van der Waals surface area (Å²) in [5.41, 5.74) is 0.699. The molecule has 21 heavy (non-hydrogen) atoms. The minimum Gasteiger partial charge on any atom is -0.478 e. The number of carbonyl (C=O) groups is 1. The van der Waals surface area contributed by atoms with Crippen LogP contribution in [0.5, 0.6) is 11.6 Å². The normalized spacial score (nSPS) is 10.4. The van der Waals surface area contributed by atoms with E-state index in [1.807, 2.05) is 0 Å². The highest BCUT2D eigenvalue weighted by Gasteiger charge is 2.26. The molecule has 1 aromatic carbocycles. The Hall–Kier alpha value is -2.90. The third-order valence-electron chi connectivity index (χ3n) is 3.06. The van der Waals surface area contributed by atoms with E-state index in [-0.39, 0.29) is 17.2 Å². The maximum absolute atomic E-state index is 11.0. The Morgan fingerprint density at radius 2 is 2.10 bits per heavy atom. The second-order valence-corrected chi connectivity index (χ2v) is 4.49. The van der Waals surface area contributed by atoms with Gasteiger partial charge in [-0.2, -0.15) is 0 Å². The van der Waals surface area contributed by atoms with Crippen LogP contribution in [0.15, 0.2) is 18.2 Å². The maximum atomic E-state index is 11.0. The molecule has 0 saturated carbocycles. The SMILES string of the molecule is Cc1ccc(C(=O)O)cc1Oc1c([N+](=O)[O-])nc(C)n1C. The minimum atomic E-state index is -1.10. The molecule has 0 spiro atoms. The molecule has 1 N–H and O–H groups in total. The monoisotopic (exact) mass is 291 g/mol. The molecule has 2 aromatic rings. The van der Waals surface area contributed by atoms with Crippen LogP contribution < -0.4 is 4.74 Å². The smallest absolute Gasteiger partial charge is 0.427 e. The zero-order valence-corrected chi connectivity index (χ0v) is 11.7. The number of carboxylic acids is 1. The predicted molar refractivity (Wildman–Crippen MR) is 72.8 cm³/mol. The van der Waals surface area contributed by atoms with Gasteiger partial charge in [-0.15, -0.1) is 0 Å². The number of ether oxygens (including phenoxy) is 1. The molecule has 2 rings (SSSR count). The predicted octanol–water partition coefficient (Wildman–Crippen LogP) is 2.44. The van der Waals surface area contributed by atoms with E-state index in [9.17, 15) is 14.9 Å². The van der Waals surface area contributed by atoms with Crippen molar-refractivity contribution < 1.29 is 19.6 Å². The van der Waals surface area contributed by atoms with Crippen molar-refractivity contribution in [3.8, 4) is 11.6 Å². The van der Waals surface area contributed by atoms with Gasteiger partial charge in [-0.25, -0.2) is 4.79 Å². The fourth-order valence-electron chi connectivity index (χ4n) is 1.75. The summed E-state index contributed by atoms with van der Waals surface area (Å²) >= 11 is 0. The first-order valence-electron chi connectivity index (χ1n) is 6.00. The summed E-state index contributed by atoms with van der Waals surface area (Å²) in [6.07, 6.45) is 0. The molecule has 8 heteroatoms. The highest BCUT2D eigenvalue weighted by molar-refractivity contribution is 5.88. The molecule has 8 nitrogen and oxygen atoms in total. The number of rotatable bonds is 4. The first kappa shape index (κ1) is 14.5. The van der Waals surface area contributed by atoms with E-state index < -0.39 is 16.7 Å². The van der Waals surface area contributed by atoms with E-state index in [1.54, 1.807) is 27.0 Å². The van der Waals surface area contributed by atoms with E-state index in [0.29, 0.717) is 11.4 Å². The molecule has 0 fully saturated rings. The third kappa shape index (κ3) is 2.69. The molecule has 0 saturated heterocycles. The van der Waals surface area contributed by atoms with Crippen molar-refractivity contribution in [1.82, 2.24) is 9.55 Å². The molecular formula is C13H13N3O5. The van der Waals surface area contributed by atoms with Crippen LogP contribution in [0.1, 0.15) is 21.7 Å². The van der Waals surface area contributed by atoms with E-state index in [2.05, 4.69) is 4.98 Å². The molecule has 0 aliphatic carbocycles. The molecule has 0 aliphatic heterocycles. The molecule has 0 amide bonds. The third-order valence-corrected chi connectivity index (χ3v) is 3.06. The number of nitro groups is 1. The molecule has 0 bridgehead atoms. The average molecular weight is 291 g/mol. The van der Waals surface area contributed by atoms with Gasteiger partial charge >= 0.3 is 17.7 Å².